The minimum absolute atomic E-state index is 0.0811. The second-order valence-corrected chi connectivity index (χ2v) is 7.54. The molecular formula is C26H21N3O2. The smallest absolute Gasteiger partial charge is 0.266 e. The molecule has 1 aromatic heterocycles. The highest BCUT2D eigenvalue weighted by molar-refractivity contribution is 6.35. The van der Waals surface area contributed by atoms with Gasteiger partial charge in [0, 0.05) is 12.1 Å². The van der Waals surface area contributed by atoms with Gasteiger partial charge in [0.05, 0.1) is 27.9 Å². The van der Waals surface area contributed by atoms with Crippen molar-refractivity contribution >= 4 is 34.1 Å². The van der Waals surface area contributed by atoms with Crippen molar-refractivity contribution in [3.8, 4) is 5.69 Å². The summed E-state index contributed by atoms with van der Waals surface area (Å²) in [6.07, 6.45) is 1.75. The zero-order valence-electron chi connectivity index (χ0n) is 17.4. The van der Waals surface area contributed by atoms with E-state index in [0.29, 0.717) is 28.8 Å². The first-order valence-corrected chi connectivity index (χ1v) is 10.3. The van der Waals surface area contributed by atoms with Crippen LogP contribution < -0.4 is 10.5 Å². The summed E-state index contributed by atoms with van der Waals surface area (Å²) in [4.78, 5) is 33.3. The number of hydrogen-bond donors (Lipinski definition) is 0. The highest BCUT2D eigenvalue weighted by atomic mass is 16.2. The Labute approximate surface area is 179 Å². The van der Waals surface area contributed by atoms with Crippen LogP contribution >= 0.6 is 0 Å². The zero-order valence-corrected chi connectivity index (χ0v) is 17.4. The van der Waals surface area contributed by atoms with Gasteiger partial charge in [-0.15, -0.1) is 0 Å². The van der Waals surface area contributed by atoms with Crippen LogP contribution in [-0.4, -0.2) is 22.0 Å². The van der Waals surface area contributed by atoms with Gasteiger partial charge in [-0.05, 0) is 49.8 Å². The van der Waals surface area contributed by atoms with Crippen molar-refractivity contribution in [1.29, 1.82) is 0 Å². The van der Waals surface area contributed by atoms with Crippen molar-refractivity contribution in [3.63, 3.8) is 0 Å². The Kier molecular flexibility index (Phi) is 4.51. The summed E-state index contributed by atoms with van der Waals surface area (Å²) in [5.74, 6) is 0.358. The number of carbonyl (C=O) groups excluding carboxylic acids is 1. The number of benzene rings is 3. The SMILES string of the molecule is CCN1C(=O)/C(=C\c2nc3ccccc3c(=O)n2-c2ccccc2C)c2ccccc21. The number of rotatable bonds is 3. The van der Waals surface area contributed by atoms with Crippen LogP contribution in [0.25, 0.3) is 28.2 Å². The number of para-hydroxylation sites is 3. The van der Waals surface area contributed by atoms with Crippen LogP contribution in [0.4, 0.5) is 5.69 Å². The van der Waals surface area contributed by atoms with E-state index in [9.17, 15) is 9.59 Å². The molecule has 5 nitrogen and oxygen atoms in total. The monoisotopic (exact) mass is 407 g/mol. The molecule has 2 heterocycles. The Morgan fingerprint density at radius 2 is 1.55 bits per heavy atom. The van der Waals surface area contributed by atoms with Gasteiger partial charge in [0.25, 0.3) is 11.5 Å². The van der Waals surface area contributed by atoms with Crippen molar-refractivity contribution in [2.45, 2.75) is 13.8 Å². The lowest BCUT2D eigenvalue weighted by Gasteiger charge is -2.14. The molecule has 152 valence electrons. The molecule has 0 aliphatic carbocycles. The van der Waals surface area contributed by atoms with Crippen LogP contribution in [0.3, 0.4) is 0 Å². The van der Waals surface area contributed by atoms with E-state index < -0.39 is 0 Å². The lowest BCUT2D eigenvalue weighted by atomic mass is 10.1. The van der Waals surface area contributed by atoms with Crippen molar-refractivity contribution in [1.82, 2.24) is 9.55 Å². The number of aryl methyl sites for hydroxylation is 1. The average molecular weight is 407 g/mol. The molecule has 1 aliphatic heterocycles. The third-order valence-electron chi connectivity index (χ3n) is 5.71. The number of aromatic nitrogens is 2. The average Bonchev–Trinajstić information content (AvgIpc) is 3.06. The molecule has 0 N–H and O–H groups in total. The van der Waals surface area contributed by atoms with Crippen LogP contribution in [0.5, 0.6) is 0 Å². The van der Waals surface area contributed by atoms with Gasteiger partial charge >= 0.3 is 0 Å². The third-order valence-corrected chi connectivity index (χ3v) is 5.71. The highest BCUT2D eigenvalue weighted by Crippen LogP contribution is 2.37. The van der Waals surface area contributed by atoms with E-state index in [-0.39, 0.29) is 11.5 Å². The quantitative estimate of drug-likeness (QED) is 0.467. The fourth-order valence-electron chi connectivity index (χ4n) is 4.18. The van der Waals surface area contributed by atoms with Gasteiger partial charge in [-0.2, -0.15) is 0 Å². The second kappa shape index (κ2) is 7.36. The number of likely N-dealkylation sites (N-methyl/N-ethyl adjacent to an activating group) is 1. The Bertz CT molecular complexity index is 1430. The summed E-state index contributed by atoms with van der Waals surface area (Å²) in [7, 11) is 0. The summed E-state index contributed by atoms with van der Waals surface area (Å²) in [6, 6.07) is 22.7. The van der Waals surface area contributed by atoms with Crippen LogP contribution in [0.15, 0.2) is 77.6 Å². The van der Waals surface area contributed by atoms with Gasteiger partial charge in [0.1, 0.15) is 5.82 Å². The molecule has 0 saturated carbocycles. The van der Waals surface area contributed by atoms with Crippen LogP contribution in [0.1, 0.15) is 23.9 Å². The van der Waals surface area contributed by atoms with E-state index >= 15 is 0 Å². The van der Waals surface area contributed by atoms with Gasteiger partial charge in [0.15, 0.2) is 0 Å². The zero-order chi connectivity index (χ0) is 21.5. The lowest BCUT2D eigenvalue weighted by molar-refractivity contribution is -0.112. The predicted molar refractivity (Wildman–Crippen MR) is 124 cm³/mol. The Morgan fingerprint density at radius 3 is 2.32 bits per heavy atom. The van der Waals surface area contributed by atoms with Crippen LogP contribution in [0, 0.1) is 6.92 Å². The molecule has 5 heteroatoms. The molecule has 0 atom stereocenters. The molecule has 0 fully saturated rings. The standard InChI is InChI=1S/C26H21N3O2/c1-3-28-23-15-9-6-11-18(23)20(25(28)30)16-24-27-21-13-7-5-12-19(21)26(31)29(24)22-14-8-4-10-17(22)2/h4-16H,3H2,1-2H3/b20-16-. The van der Waals surface area contributed by atoms with E-state index in [1.807, 2.05) is 80.6 Å². The first-order chi connectivity index (χ1) is 15.1. The topological polar surface area (TPSA) is 55.2 Å². The fraction of sp³-hybridized carbons (Fsp3) is 0.115. The minimum Gasteiger partial charge on any atom is -0.308 e. The molecule has 0 unspecified atom stereocenters. The molecule has 1 aliphatic rings. The number of hydrogen-bond acceptors (Lipinski definition) is 3. The largest absolute Gasteiger partial charge is 0.308 e. The summed E-state index contributed by atoms with van der Waals surface area (Å²) >= 11 is 0. The number of anilines is 1. The molecule has 0 bridgehead atoms. The number of nitrogens with zero attached hydrogens (tertiary/aromatic N) is 3. The number of fused-ring (bicyclic) bond motifs is 2. The molecule has 0 spiro atoms. The molecule has 3 aromatic carbocycles. The van der Waals surface area contributed by atoms with Gasteiger partial charge < -0.3 is 4.90 Å². The van der Waals surface area contributed by atoms with Gasteiger partial charge in [-0.1, -0.05) is 48.5 Å². The van der Waals surface area contributed by atoms with E-state index in [1.54, 1.807) is 21.6 Å². The number of amides is 1. The van der Waals surface area contributed by atoms with Crippen LogP contribution in [-0.2, 0) is 4.79 Å². The summed E-state index contributed by atoms with van der Waals surface area (Å²) in [6.45, 7) is 4.49. The van der Waals surface area contributed by atoms with E-state index in [0.717, 1.165) is 22.5 Å². The Hall–Kier alpha value is -3.99. The highest BCUT2D eigenvalue weighted by Gasteiger charge is 2.31. The van der Waals surface area contributed by atoms with Gasteiger partial charge in [-0.3, -0.25) is 14.2 Å². The molecular weight excluding hydrogens is 386 g/mol. The Morgan fingerprint density at radius 1 is 0.871 bits per heavy atom. The van der Waals surface area contributed by atoms with E-state index in [4.69, 9.17) is 4.98 Å². The first kappa shape index (κ1) is 19.0. The maximum Gasteiger partial charge on any atom is 0.266 e. The predicted octanol–water partition coefficient (Wildman–Crippen LogP) is 4.60. The maximum absolute atomic E-state index is 13.5. The van der Waals surface area contributed by atoms with E-state index in [2.05, 4.69) is 0 Å². The van der Waals surface area contributed by atoms with Crippen molar-refractivity contribution in [2.75, 3.05) is 11.4 Å². The second-order valence-electron chi connectivity index (χ2n) is 7.54. The summed E-state index contributed by atoms with van der Waals surface area (Å²) in [5, 5.41) is 0.543. The first-order valence-electron chi connectivity index (χ1n) is 10.3. The molecule has 0 saturated heterocycles. The van der Waals surface area contributed by atoms with Crippen molar-refractivity contribution in [3.05, 3.63) is 100 Å². The minimum atomic E-state index is -0.155. The number of carbonyl (C=O) groups is 1. The lowest BCUT2D eigenvalue weighted by Crippen LogP contribution is -2.26. The maximum atomic E-state index is 13.5. The molecule has 5 rings (SSSR count). The van der Waals surface area contributed by atoms with Crippen molar-refractivity contribution < 1.29 is 4.79 Å². The normalized spacial score (nSPS) is 14.5. The van der Waals surface area contributed by atoms with Crippen LogP contribution in [0.2, 0.25) is 0 Å². The summed E-state index contributed by atoms with van der Waals surface area (Å²) < 4.78 is 1.61. The summed E-state index contributed by atoms with van der Waals surface area (Å²) in [5.41, 5.74) is 4.44. The van der Waals surface area contributed by atoms with Gasteiger partial charge in [-0.25, -0.2) is 4.98 Å². The molecule has 0 radical (unpaired) electrons. The molecule has 1 amide bonds. The Balaban J connectivity index is 1.84. The van der Waals surface area contributed by atoms with E-state index in [1.165, 1.54) is 0 Å². The molecule has 31 heavy (non-hydrogen) atoms. The van der Waals surface area contributed by atoms with Crippen molar-refractivity contribution in [2.24, 2.45) is 0 Å². The third kappa shape index (κ3) is 2.97. The fourth-order valence-corrected chi connectivity index (χ4v) is 4.18. The van der Waals surface area contributed by atoms with Gasteiger partial charge in [0.2, 0.25) is 0 Å². The molecule has 4 aromatic rings.